The van der Waals surface area contributed by atoms with E-state index in [-0.39, 0.29) is 11.4 Å². The summed E-state index contributed by atoms with van der Waals surface area (Å²) in [7, 11) is 1.77. The second-order valence-corrected chi connectivity index (χ2v) is 6.81. The smallest absolute Gasteiger partial charge is 0.321 e. The average molecular weight is 374 g/mol. The molecule has 0 radical (unpaired) electrons. The Bertz CT molecular complexity index is 1030. The van der Waals surface area contributed by atoms with Crippen LogP contribution in [0.3, 0.4) is 0 Å². The molecule has 1 amide bonds. The van der Waals surface area contributed by atoms with Crippen molar-refractivity contribution < 1.29 is 18.0 Å². The van der Waals surface area contributed by atoms with E-state index < -0.39 is 17.6 Å². The fraction of sp³-hybridized carbons (Fsp3) is 0.316. The molecule has 5 nitrogen and oxygen atoms in total. The Morgan fingerprint density at radius 2 is 1.89 bits per heavy atom. The Balaban J connectivity index is 1.66. The maximum atomic E-state index is 12.7. The number of aryl methyl sites for hydroxylation is 2. The maximum absolute atomic E-state index is 12.7. The lowest BCUT2D eigenvalue weighted by molar-refractivity contribution is -0.137. The number of hydrogen-bond acceptors (Lipinski definition) is 3. The highest BCUT2D eigenvalue weighted by molar-refractivity contribution is 6.04. The standard InChI is InChI=1S/C19H17F3N4O/c1-10-16-14(11-3-4-11)9-15(24-17(16)26(2)25-10)18(27)23-13-7-5-12(6-8-13)19(20,21)22/h5-9,11H,3-4H2,1-2H3,(H,23,27). The van der Waals surface area contributed by atoms with E-state index in [9.17, 15) is 18.0 Å². The van der Waals surface area contributed by atoms with Crippen molar-refractivity contribution in [2.24, 2.45) is 7.05 Å². The Morgan fingerprint density at radius 3 is 2.48 bits per heavy atom. The molecule has 0 bridgehead atoms. The molecule has 140 valence electrons. The summed E-state index contributed by atoms with van der Waals surface area (Å²) in [4.78, 5) is 17.1. The fourth-order valence-electron chi connectivity index (χ4n) is 3.25. The van der Waals surface area contributed by atoms with Crippen LogP contribution in [0.1, 0.15) is 46.1 Å². The number of pyridine rings is 1. The predicted octanol–water partition coefficient (Wildman–Crippen LogP) is 4.43. The number of alkyl halides is 3. The van der Waals surface area contributed by atoms with Gasteiger partial charge in [0.2, 0.25) is 0 Å². The minimum atomic E-state index is -4.41. The van der Waals surface area contributed by atoms with E-state index in [1.165, 1.54) is 12.1 Å². The van der Waals surface area contributed by atoms with Gasteiger partial charge in [-0.05, 0) is 61.6 Å². The average Bonchev–Trinajstić information content (AvgIpc) is 3.41. The van der Waals surface area contributed by atoms with Gasteiger partial charge in [-0.25, -0.2) is 4.98 Å². The van der Waals surface area contributed by atoms with Crippen LogP contribution in [-0.4, -0.2) is 20.7 Å². The van der Waals surface area contributed by atoms with Gasteiger partial charge in [0.25, 0.3) is 5.91 Å². The van der Waals surface area contributed by atoms with Crippen LogP contribution in [0.15, 0.2) is 30.3 Å². The molecule has 1 saturated carbocycles. The van der Waals surface area contributed by atoms with Crippen molar-refractivity contribution in [3.8, 4) is 0 Å². The van der Waals surface area contributed by atoms with Crippen LogP contribution in [0.5, 0.6) is 0 Å². The Labute approximate surface area is 153 Å². The third-order valence-electron chi connectivity index (χ3n) is 4.72. The molecule has 4 rings (SSSR count). The van der Waals surface area contributed by atoms with Crippen LogP contribution < -0.4 is 5.32 Å². The van der Waals surface area contributed by atoms with Crippen molar-refractivity contribution in [3.05, 3.63) is 52.8 Å². The molecule has 1 aliphatic carbocycles. The van der Waals surface area contributed by atoms with Crippen LogP contribution in [0.25, 0.3) is 11.0 Å². The summed E-state index contributed by atoms with van der Waals surface area (Å²) in [5.74, 6) is -0.0616. The second-order valence-electron chi connectivity index (χ2n) is 6.81. The number of carbonyl (C=O) groups is 1. The van der Waals surface area contributed by atoms with Gasteiger partial charge in [0.1, 0.15) is 5.69 Å². The lowest BCUT2D eigenvalue weighted by Crippen LogP contribution is -2.15. The number of rotatable bonds is 3. The molecule has 0 atom stereocenters. The minimum Gasteiger partial charge on any atom is -0.321 e. The lowest BCUT2D eigenvalue weighted by Gasteiger charge is -2.10. The molecule has 0 saturated heterocycles. The first-order valence-electron chi connectivity index (χ1n) is 8.57. The summed E-state index contributed by atoms with van der Waals surface area (Å²) >= 11 is 0. The number of hydrogen-bond donors (Lipinski definition) is 1. The van der Waals surface area contributed by atoms with E-state index in [1.54, 1.807) is 17.8 Å². The summed E-state index contributed by atoms with van der Waals surface area (Å²) < 4.78 is 39.6. The summed E-state index contributed by atoms with van der Waals surface area (Å²) in [5.41, 5.74) is 2.31. The Hall–Kier alpha value is -2.90. The van der Waals surface area contributed by atoms with E-state index in [2.05, 4.69) is 15.4 Å². The summed E-state index contributed by atoms with van der Waals surface area (Å²) in [6.45, 7) is 1.91. The Kier molecular flexibility index (Phi) is 3.94. The van der Waals surface area contributed by atoms with Crippen molar-refractivity contribution in [2.45, 2.75) is 31.9 Å². The fourth-order valence-corrected chi connectivity index (χ4v) is 3.25. The molecule has 1 aromatic carbocycles. The first-order valence-corrected chi connectivity index (χ1v) is 8.57. The topological polar surface area (TPSA) is 59.8 Å². The van der Waals surface area contributed by atoms with Gasteiger partial charge in [0, 0.05) is 18.1 Å². The highest BCUT2D eigenvalue weighted by Crippen LogP contribution is 2.43. The van der Waals surface area contributed by atoms with Crippen LogP contribution in [0, 0.1) is 6.92 Å². The molecule has 1 N–H and O–H groups in total. The van der Waals surface area contributed by atoms with Gasteiger partial charge in [0.05, 0.1) is 11.3 Å². The molecular weight excluding hydrogens is 357 g/mol. The van der Waals surface area contributed by atoms with Gasteiger partial charge in [-0.3, -0.25) is 9.48 Å². The van der Waals surface area contributed by atoms with Crippen molar-refractivity contribution >= 4 is 22.6 Å². The van der Waals surface area contributed by atoms with Crippen LogP contribution in [0.2, 0.25) is 0 Å². The number of anilines is 1. The molecule has 27 heavy (non-hydrogen) atoms. The predicted molar refractivity (Wildman–Crippen MR) is 94.6 cm³/mol. The SMILES string of the molecule is Cc1nn(C)c2nc(C(=O)Nc3ccc(C(F)(F)F)cc3)cc(C3CC3)c12. The first-order chi connectivity index (χ1) is 12.7. The highest BCUT2D eigenvalue weighted by atomic mass is 19.4. The monoisotopic (exact) mass is 374 g/mol. The van der Waals surface area contributed by atoms with Crippen molar-refractivity contribution in [3.63, 3.8) is 0 Å². The molecule has 8 heteroatoms. The van der Waals surface area contributed by atoms with E-state index >= 15 is 0 Å². The van der Waals surface area contributed by atoms with Crippen LogP contribution in [0.4, 0.5) is 18.9 Å². The second kappa shape index (κ2) is 6.07. The first kappa shape index (κ1) is 17.5. The zero-order chi connectivity index (χ0) is 19.3. The number of fused-ring (bicyclic) bond motifs is 1. The van der Waals surface area contributed by atoms with Gasteiger partial charge in [-0.2, -0.15) is 18.3 Å². The Morgan fingerprint density at radius 1 is 1.22 bits per heavy atom. The zero-order valence-corrected chi connectivity index (χ0v) is 14.8. The molecule has 0 aliphatic heterocycles. The minimum absolute atomic E-state index is 0.229. The van der Waals surface area contributed by atoms with Gasteiger partial charge in [0.15, 0.2) is 5.65 Å². The van der Waals surface area contributed by atoms with Crippen molar-refractivity contribution in [2.75, 3.05) is 5.32 Å². The van der Waals surface area contributed by atoms with E-state index in [1.807, 2.05) is 6.92 Å². The number of carbonyl (C=O) groups excluding carboxylic acids is 1. The number of halogens is 3. The van der Waals surface area contributed by atoms with Crippen LogP contribution >= 0.6 is 0 Å². The summed E-state index contributed by atoms with van der Waals surface area (Å²) in [6, 6.07) is 6.11. The van der Waals surface area contributed by atoms with E-state index in [4.69, 9.17) is 0 Å². The third-order valence-corrected chi connectivity index (χ3v) is 4.72. The molecule has 1 aliphatic rings. The summed E-state index contributed by atoms with van der Waals surface area (Å²) in [5, 5.41) is 7.99. The van der Waals surface area contributed by atoms with Crippen molar-refractivity contribution in [1.29, 1.82) is 0 Å². The molecule has 2 aromatic heterocycles. The summed E-state index contributed by atoms with van der Waals surface area (Å²) in [6.07, 6.45) is -2.29. The zero-order valence-electron chi connectivity index (χ0n) is 14.8. The third kappa shape index (κ3) is 3.27. The molecule has 0 unspecified atom stereocenters. The number of aromatic nitrogens is 3. The lowest BCUT2D eigenvalue weighted by atomic mass is 10.0. The van der Waals surface area contributed by atoms with Crippen LogP contribution in [-0.2, 0) is 13.2 Å². The normalized spacial score (nSPS) is 14.6. The number of benzene rings is 1. The molecule has 0 spiro atoms. The maximum Gasteiger partial charge on any atom is 0.416 e. The van der Waals surface area contributed by atoms with Gasteiger partial charge >= 0.3 is 6.18 Å². The highest BCUT2D eigenvalue weighted by Gasteiger charge is 2.31. The van der Waals surface area contributed by atoms with E-state index in [0.29, 0.717) is 11.6 Å². The molecule has 2 heterocycles. The van der Waals surface area contributed by atoms with Gasteiger partial charge in [-0.1, -0.05) is 0 Å². The molecular formula is C19H17F3N4O. The van der Waals surface area contributed by atoms with Gasteiger partial charge in [-0.15, -0.1) is 0 Å². The quantitative estimate of drug-likeness (QED) is 0.738. The van der Waals surface area contributed by atoms with Gasteiger partial charge < -0.3 is 5.32 Å². The largest absolute Gasteiger partial charge is 0.416 e. The number of nitrogens with zero attached hydrogens (tertiary/aromatic N) is 3. The molecule has 1 fully saturated rings. The number of nitrogens with one attached hydrogen (secondary N) is 1. The molecule has 3 aromatic rings. The van der Waals surface area contributed by atoms with Crippen molar-refractivity contribution in [1.82, 2.24) is 14.8 Å². The number of amides is 1. The van der Waals surface area contributed by atoms with E-state index in [0.717, 1.165) is 41.6 Å².